The van der Waals surface area contributed by atoms with Gasteiger partial charge in [-0.05, 0) is 11.7 Å². The van der Waals surface area contributed by atoms with Crippen molar-refractivity contribution in [2.75, 3.05) is 11.5 Å². The predicted octanol–water partition coefficient (Wildman–Crippen LogP) is 0.517. The zero-order valence-electron chi connectivity index (χ0n) is 9.27. The van der Waals surface area contributed by atoms with E-state index in [0.717, 1.165) is 17.9 Å². The first-order chi connectivity index (χ1) is 7.58. The van der Waals surface area contributed by atoms with Crippen LogP contribution in [0.5, 0.6) is 0 Å². The molecule has 0 saturated carbocycles. The molecule has 1 aromatic heterocycles. The molecular weight excluding hydrogens is 246 g/mol. The molecule has 0 fully saturated rings. The molecule has 0 spiro atoms. The fraction of sp³-hybridized carbons (Fsp3) is 0.667. The van der Waals surface area contributed by atoms with Crippen LogP contribution in [-0.2, 0) is 7.05 Å². The van der Waals surface area contributed by atoms with Gasteiger partial charge in [0.1, 0.15) is 0 Å². The summed E-state index contributed by atoms with van der Waals surface area (Å²) in [6.45, 7) is 2.10. The van der Waals surface area contributed by atoms with Crippen LogP contribution < -0.4 is 11.1 Å². The monoisotopic (exact) mass is 261 g/mol. The second-order valence-electron chi connectivity index (χ2n) is 3.47. The lowest BCUT2D eigenvalue weighted by Gasteiger charge is -2.11. The highest BCUT2D eigenvalue weighted by molar-refractivity contribution is 7.99. The van der Waals surface area contributed by atoms with Gasteiger partial charge in [0.25, 0.3) is 0 Å². The first-order valence-electron chi connectivity index (χ1n) is 4.99. The molecule has 1 unspecified atom stereocenters. The topological polar surface area (TPSA) is 67.8 Å². The van der Waals surface area contributed by atoms with E-state index in [4.69, 9.17) is 0 Å². The molecule has 0 radical (unpaired) electrons. The largest absolute Gasteiger partial charge is 0.339 e. The van der Waals surface area contributed by atoms with E-state index in [2.05, 4.69) is 29.6 Å². The molecule has 16 heavy (non-hydrogen) atoms. The third-order valence-electron chi connectivity index (χ3n) is 2.23. The predicted molar refractivity (Wildman–Crippen MR) is 68.5 cm³/mol. The maximum absolute atomic E-state index is 11.1. The van der Waals surface area contributed by atoms with Crippen molar-refractivity contribution in [3.8, 4) is 0 Å². The Kier molecular flexibility index (Phi) is 5.14. The molecule has 0 aliphatic carbocycles. The molecule has 1 N–H and O–H groups in total. The highest BCUT2D eigenvalue weighted by Crippen LogP contribution is 2.18. The van der Waals surface area contributed by atoms with Gasteiger partial charge in [-0.15, -0.1) is 0 Å². The quantitative estimate of drug-likeness (QED) is 0.460. The van der Waals surface area contributed by atoms with E-state index in [1.165, 1.54) is 16.4 Å². The minimum Gasteiger partial charge on any atom is -0.265 e. The second-order valence-corrected chi connectivity index (χ2v) is 4.82. The highest BCUT2D eigenvalue weighted by atomic mass is 32.2. The minimum absolute atomic E-state index is 0.483. The number of rotatable bonds is 5. The molecule has 0 bridgehead atoms. The number of thioether (sulfide) groups is 1. The van der Waals surface area contributed by atoms with Crippen LogP contribution in [0.15, 0.2) is 14.7 Å². The Hall–Kier alpha value is -0.690. The molecule has 1 heterocycles. The van der Waals surface area contributed by atoms with Gasteiger partial charge in [-0.1, -0.05) is 25.1 Å². The highest BCUT2D eigenvalue weighted by Gasteiger charge is 2.08. The minimum atomic E-state index is -0.737. The maximum Gasteiger partial charge on any atom is 0.339 e. The average molecular weight is 261 g/mol. The Bertz CT molecular complexity index is 451. The summed E-state index contributed by atoms with van der Waals surface area (Å²) >= 11 is 5.70. The summed E-state index contributed by atoms with van der Waals surface area (Å²) in [5.41, 5.74) is -1.42. The smallest absolute Gasteiger partial charge is 0.265 e. The Balaban J connectivity index is 2.78. The number of hydrogen-bond donors (Lipinski definition) is 2. The fourth-order valence-corrected chi connectivity index (χ4v) is 2.77. The van der Waals surface area contributed by atoms with Gasteiger partial charge in [0, 0.05) is 12.8 Å². The number of nitrogens with zero attached hydrogens (tertiary/aromatic N) is 2. The Morgan fingerprint density at radius 2 is 2.25 bits per heavy atom. The maximum atomic E-state index is 11.1. The molecule has 7 heteroatoms. The molecule has 0 aliphatic heterocycles. The van der Waals surface area contributed by atoms with Gasteiger partial charge in [0.2, 0.25) is 0 Å². The molecule has 1 rings (SSSR count). The zero-order chi connectivity index (χ0) is 12.1. The first kappa shape index (κ1) is 13.4. The van der Waals surface area contributed by atoms with Crippen molar-refractivity contribution in [3.05, 3.63) is 20.7 Å². The van der Waals surface area contributed by atoms with E-state index < -0.39 is 11.1 Å². The van der Waals surface area contributed by atoms with Crippen molar-refractivity contribution in [2.45, 2.75) is 18.5 Å². The Morgan fingerprint density at radius 1 is 1.56 bits per heavy atom. The Morgan fingerprint density at radius 3 is 2.81 bits per heavy atom. The molecule has 0 aliphatic rings. The van der Waals surface area contributed by atoms with Crippen LogP contribution >= 0.6 is 24.4 Å². The van der Waals surface area contributed by atoms with Crippen LogP contribution in [0.25, 0.3) is 0 Å². The van der Waals surface area contributed by atoms with E-state index in [1.54, 1.807) is 7.05 Å². The molecule has 0 amide bonds. The van der Waals surface area contributed by atoms with Crippen LogP contribution in [0, 0.1) is 5.92 Å². The van der Waals surface area contributed by atoms with Gasteiger partial charge in [-0.3, -0.25) is 19.4 Å². The lowest BCUT2D eigenvalue weighted by Crippen LogP contribution is -2.34. The molecule has 0 saturated heterocycles. The summed E-state index contributed by atoms with van der Waals surface area (Å²) in [5, 5.41) is 2.95. The van der Waals surface area contributed by atoms with Crippen LogP contribution in [0.4, 0.5) is 0 Å². The number of aromatic nitrogens is 3. The summed E-state index contributed by atoms with van der Waals surface area (Å²) < 4.78 is 1.47. The molecular formula is C9H15N3O2S2. The van der Waals surface area contributed by atoms with E-state index in [1.807, 2.05) is 0 Å². The van der Waals surface area contributed by atoms with E-state index in [-0.39, 0.29) is 0 Å². The number of hydrogen-bond acceptors (Lipinski definition) is 5. The van der Waals surface area contributed by atoms with Crippen LogP contribution in [-0.4, -0.2) is 26.3 Å². The lowest BCUT2D eigenvalue weighted by atomic mass is 10.2. The van der Waals surface area contributed by atoms with Gasteiger partial charge in [0.15, 0.2) is 5.16 Å². The van der Waals surface area contributed by atoms with Gasteiger partial charge in [-0.2, -0.15) is 17.6 Å². The van der Waals surface area contributed by atoms with Crippen molar-refractivity contribution in [1.29, 1.82) is 0 Å². The SMILES string of the molecule is CCC(CS)CSc1nc(=O)c(=O)[nH]n1C. The van der Waals surface area contributed by atoms with E-state index >= 15 is 0 Å². The molecule has 0 aromatic carbocycles. The molecule has 1 atom stereocenters. The van der Waals surface area contributed by atoms with Crippen molar-refractivity contribution in [1.82, 2.24) is 14.8 Å². The molecule has 90 valence electrons. The summed E-state index contributed by atoms with van der Waals surface area (Å²) in [6.07, 6.45) is 1.04. The second kappa shape index (κ2) is 6.15. The number of H-pyrrole nitrogens is 1. The standard InChI is InChI=1S/C9H15N3O2S2/c1-3-6(4-15)5-16-9-10-7(13)8(14)11-12(9)2/h6,15H,3-5H2,1-2H3,(H,11,14). The van der Waals surface area contributed by atoms with Gasteiger partial charge < -0.3 is 0 Å². The summed E-state index contributed by atoms with van der Waals surface area (Å²) in [7, 11) is 1.66. The normalized spacial score (nSPS) is 12.7. The van der Waals surface area contributed by atoms with Crippen molar-refractivity contribution in [3.63, 3.8) is 0 Å². The van der Waals surface area contributed by atoms with Crippen molar-refractivity contribution < 1.29 is 0 Å². The molecule has 1 aromatic rings. The number of aromatic amines is 1. The fourth-order valence-electron chi connectivity index (χ4n) is 1.08. The van der Waals surface area contributed by atoms with Gasteiger partial charge in [-0.25, -0.2) is 0 Å². The lowest BCUT2D eigenvalue weighted by molar-refractivity contribution is 0.591. The number of thiol groups is 1. The summed E-state index contributed by atoms with van der Waals surface area (Å²) in [4.78, 5) is 25.8. The Labute approximate surface area is 103 Å². The van der Waals surface area contributed by atoms with Crippen LogP contribution in [0.2, 0.25) is 0 Å². The molecule has 5 nitrogen and oxygen atoms in total. The average Bonchev–Trinajstić information content (AvgIpc) is 2.26. The third kappa shape index (κ3) is 3.41. The zero-order valence-corrected chi connectivity index (χ0v) is 11.0. The number of nitrogens with one attached hydrogen (secondary N) is 1. The summed E-state index contributed by atoms with van der Waals surface area (Å²) in [5.74, 6) is 2.13. The van der Waals surface area contributed by atoms with E-state index in [9.17, 15) is 9.59 Å². The van der Waals surface area contributed by atoms with Crippen LogP contribution in [0.3, 0.4) is 0 Å². The van der Waals surface area contributed by atoms with Gasteiger partial charge in [0.05, 0.1) is 0 Å². The number of aryl methyl sites for hydroxylation is 1. The van der Waals surface area contributed by atoms with Crippen LogP contribution in [0.1, 0.15) is 13.3 Å². The summed E-state index contributed by atoms with van der Waals surface area (Å²) in [6, 6.07) is 0. The van der Waals surface area contributed by atoms with Gasteiger partial charge >= 0.3 is 11.1 Å². The van der Waals surface area contributed by atoms with E-state index in [0.29, 0.717) is 11.1 Å². The third-order valence-corrected chi connectivity index (χ3v) is 4.01. The van der Waals surface area contributed by atoms with Crippen molar-refractivity contribution in [2.24, 2.45) is 13.0 Å². The first-order valence-corrected chi connectivity index (χ1v) is 6.61. The van der Waals surface area contributed by atoms with Crippen molar-refractivity contribution >= 4 is 24.4 Å².